The maximum atomic E-state index is 9.46. The minimum absolute atomic E-state index is 0.333. The lowest BCUT2D eigenvalue weighted by atomic mass is 10.1. The van der Waals surface area contributed by atoms with Gasteiger partial charge in [0.25, 0.3) is 0 Å². The van der Waals surface area contributed by atoms with E-state index in [2.05, 4.69) is 43.4 Å². The van der Waals surface area contributed by atoms with Gasteiger partial charge < -0.3 is 10.4 Å². The number of rotatable bonds is 7. The summed E-state index contributed by atoms with van der Waals surface area (Å²) >= 11 is 1.79. The molecule has 2 rings (SSSR count). The SMILES string of the molecule is CCCNC(C)c1ccc(SCc2cccc(O)c2)cc1. The van der Waals surface area contributed by atoms with Gasteiger partial charge in [0.15, 0.2) is 0 Å². The molecule has 0 aliphatic carbocycles. The molecule has 0 bridgehead atoms. The van der Waals surface area contributed by atoms with Crippen LogP contribution in [-0.2, 0) is 5.75 Å². The Balaban J connectivity index is 1.90. The van der Waals surface area contributed by atoms with Gasteiger partial charge in [0, 0.05) is 16.7 Å². The highest BCUT2D eigenvalue weighted by molar-refractivity contribution is 7.98. The van der Waals surface area contributed by atoms with E-state index in [1.807, 2.05) is 18.2 Å². The van der Waals surface area contributed by atoms with Crippen LogP contribution < -0.4 is 5.32 Å². The molecule has 2 aromatic rings. The van der Waals surface area contributed by atoms with Crippen molar-refractivity contribution in [2.75, 3.05) is 6.54 Å². The highest BCUT2D eigenvalue weighted by Crippen LogP contribution is 2.25. The molecule has 1 unspecified atom stereocenters. The Kier molecular flexibility index (Phi) is 6.15. The summed E-state index contributed by atoms with van der Waals surface area (Å²) in [6, 6.07) is 16.6. The molecule has 2 N–H and O–H groups in total. The molecule has 0 aliphatic heterocycles. The Bertz CT molecular complexity index is 553. The van der Waals surface area contributed by atoms with E-state index in [4.69, 9.17) is 0 Å². The number of benzene rings is 2. The number of aromatic hydroxyl groups is 1. The topological polar surface area (TPSA) is 32.3 Å². The first-order valence-corrected chi connectivity index (χ1v) is 8.41. The van der Waals surface area contributed by atoms with Crippen LogP contribution in [0, 0.1) is 0 Å². The standard InChI is InChI=1S/C18H23NOS/c1-3-11-19-14(2)16-7-9-18(10-8-16)21-13-15-5-4-6-17(20)12-15/h4-10,12,14,19-20H,3,11,13H2,1-2H3. The van der Waals surface area contributed by atoms with Crippen molar-refractivity contribution in [3.8, 4) is 5.75 Å². The summed E-state index contributed by atoms with van der Waals surface area (Å²) in [5.41, 5.74) is 2.47. The van der Waals surface area contributed by atoms with Crippen LogP contribution in [-0.4, -0.2) is 11.7 Å². The molecule has 0 saturated carbocycles. The van der Waals surface area contributed by atoms with Crippen LogP contribution in [0.2, 0.25) is 0 Å². The largest absolute Gasteiger partial charge is 0.508 e. The molecule has 0 aliphatic rings. The van der Waals surface area contributed by atoms with Crippen molar-refractivity contribution in [1.29, 1.82) is 0 Å². The molecule has 0 amide bonds. The van der Waals surface area contributed by atoms with E-state index < -0.39 is 0 Å². The predicted octanol–water partition coefficient (Wildman–Crippen LogP) is 4.75. The van der Waals surface area contributed by atoms with Crippen LogP contribution >= 0.6 is 11.8 Å². The lowest BCUT2D eigenvalue weighted by molar-refractivity contribution is 0.475. The minimum Gasteiger partial charge on any atom is -0.508 e. The Morgan fingerprint density at radius 2 is 1.90 bits per heavy atom. The molecule has 0 radical (unpaired) electrons. The Morgan fingerprint density at radius 3 is 2.57 bits per heavy atom. The fourth-order valence-electron chi connectivity index (χ4n) is 2.14. The first-order valence-electron chi connectivity index (χ1n) is 7.43. The third-order valence-electron chi connectivity index (χ3n) is 3.40. The van der Waals surface area contributed by atoms with Gasteiger partial charge in [-0.2, -0.15) is 0 Å². The number of phenolic OH excluding ortho intramolecular Hbond substituents is 1. The van der Waals surface area contributed by atoms with Crippen LogP contribution in [0.5, 0.6) is 5.75 Å². The van der Waals surface area contributed by atoms with Crippen molar-refractivity contribution in [3.05, 3.63) is 59.7 Å². The smallest absolute Gasteiger partial charge is 0.115 e. The second-order valence-electron chi connectivity index (χ2n) is 5.20. The minimum atomic E-state index is 0.333. The fourth-order valence-corrected chi connectivity index (χ4v) is 2.99. The maximum Gasteiger partial charge on any atom is 0.115 e. The molecule has 2 nitrogen and oxygen atoms in total. The molecule has 0 saturated heterocycles. The Labute approximate surface area is 131 Å². The highest BCUT2D eigenvalue weighted by atomic mass is 32.2. The summed E-state index contributed by atoms with van der Waals surface area (Å²) in [6.45, 7) is 5.43. The first kappa shape index (κ1) is 15.9. The van der Waals surface area contributed by atoms with E-state index in [0.717, 1.165) is 24.3 Å². The van der Waals surface area contributed by atoms with Gasteiger partial charge in [-0.05, 0) is 55.3 Å². The number of thioether (sulfide) groups is 1. The molecule has 112 valence electrons. The summed E-state index contributed by atoms with van der Waals surface area (Å²) in [7, 11) is 0. The predicted molar refractivity (Wildman–Crippen MR) is 90.8 cm³/mol. The van der Waals surface area contributed by atoms with Crippen LogP contribution in [0.1, 0.15) is 37.4 Å². The normalized spacial score (nSPS) is 12.3. The summed E-state index contributed by atoms with van der Waals surface area (Å²) in [5, 5.41) is 13.0. The lowest BCUT2D eigenvalue weighted by Gasteiger charge is -2.14. The third kappa shape index (κ3) is 5.10. The second-order valence-corrected chi connectivity index (χ2v) is 6.25. The van der Waals surface area contributed by atoms with E-state index in [1.54, 1.807) is 17.8 Å². The van der Waals surface area contributed by atoms with E-state index in [1.165, 1.54) is 10.5 Å². The van der Waals surface area contributed by atoms with Gasteiger partial charge in [-0.3, -0.25) is 0 Å². The zero-order valence-corrected chi connectivity index (χ0v) is 13.5. The van der Waals surface area contributed by atoms with Crippen LogP contribution in [0.3, 0.4) is 0 Å². The van der Waals surface area contributed by atoms with E-state index in [-0.39, 0.29) is 0 Å². The van der Waals surface area contributed by atoms with Gasteiger partial charge in [-0.15, -0.1) is 11.8 Å². The molecular formula is C18H23NOS. The third-order valence-corrected chi connectivity index (χ3v) is 4.48. The summed E-state index contributed by atoms with van der Waals surface area (Å²) in [5.74, 6) is 1.21. The van der Waals surface area contributed by atoms with E-state index in [0.29, 0.717) is 11.8 Å². The van der Waals surface area contributed by atoms with Gasteiger partial charge in [-0.1, -0.05) is 31.2 Å². The van der Waals surface area contributed by atoms with Crippen LogP contribution in [0.15, 0.2) is 53.4 Å². The summed E-state index contributed by atoms with van der Waals surface area (Å²) < 4.78 is 0. The molecule has 0 fully saturated rings. The quantitative estimate of drug-likeness (QED) is 0.724. The van der Waals surface area contributed by atoms with E-state index in [9.17, 15) is 5.11 Å². The van der Waals surface area contributed by atoms with Gasteiger partial charge in [0.2, 0.25) is 0 Å². The van der Waals surface area contributed by atoms with Gasteiger partial charge in [-0.25, -0.2) is 0 Å². The average Bonchev–Trinajstić information content (AvgIpc) is 2.51. The molecule has 2 aromatic carbocycles. The van der Waals surface area contributed by atoms with Crippen molar-refractivity contribution in [2.45, 2.75) is 37.0 Å². The van der Waals surface area contributed by atoms with Crippen molar-refractivity contribution in [3.63, 3.8) is 0 Å². The number of hydrogen-bond acceptors (Lipinski definition) is 3. The number of phenols is 1. The van der Waals surface area contributed by atoms with Gasteiger partial charge >= 0.3 is 0 Å². The molecule has 1 atom stereocenters. The first-order chi connectivity index (χ1) is 10.2. The number of hydrogen-bond donors (Lipinski definition) is 2. The Morgan fingerprint density at radius 1 is 1.14 bits per heavy atom. The molecule has 0 spiro atoms. The summed E-state index contributed by atoms with van der Waals surface area (Å²) in [6.07, 6.45) is 1.15. The monoisotopic (exact) mass is 301 g/mol. The molecule has 21 heavy (non-hydrogen) atoms. The molecule has 0 heterocycles. The van der Waals surface area contributed by atoms with Crippen molar-refractivity contribution < 1.29 is 5.11 Å². The highest BCUT2D eigenvalue weighted by Gasteiger charge is 2.04. The maximum absolute atomic E-state index is 9.46. The fraction of sp³-hybridized carbons (Fsp3) is 0.333. The zero-order valence-electron chi connectivity index (χ0n) is 12.7. The number of nitrogens with one attached hydrogen (secondary N) is 1. The van der Waals surface area contributed by atoms with Crippen molar-refractivity contribution >= 4 is 11.8 Å². The molecular weight excluding hydrogens is 278 g/mol. The van der Waals surface area contributed by atoms with Crippen molar-refractivity contribution in [1.82, 2.24) is 5.32 Å². The average molecular weight is 301 g/mol. The van der Waals surface area contributed by atoms with Gasteiger partial charge in [0.1, 0.15) is 5.75 Å². The zero-order chi connectivity index (χ0) is 15.1. The van der Waals surface area contributed by atoms with Crippen molar-refractivity contribution in [2.24, 2.45) is 0 Å². The summed E-state index contributed by atoms with van der Waals surface area (Å²) in [4.78, 5) is 1.25. The lowest BCUT2D eigenvalue weighted by Crippen LogP contribution is -2.19. The molecule has 3 heteroatoms. The van der Waals surface area contributed by atoms with E-state index >= 15 is 0 Å². The van der Waals surface area contributed by atoms with Crippen LogP contribution in [0.4, 0.5) is 0 Å². The Hall–Kier alpha value is -1.45. The van der Waals surface area contributed by atoms with Crippen LogP contribution in [0.25, 0.3) is 0 Å². The van der Waals surface area contributed by atoms with Gasteiger partial charge in [0.05, 0.1) is 0 Å². The second kappa shape index (κ2) is 8.11. The molecule has 0 aromatic heterocycles.